The van der Waals surface area contributed by atoms with Gasteiger partial charge in [0.1, 0.15) is 0 Å². The highest BCUT2D eigenvalue weighted by atomic mass is 16.4. The molecule has 2 rings (SSSR count). The van der Waals surface area contributed by atoms with Crippen molar-refractivity contribution in [3.05, 3.63) is 42.0 Å². The van der Waals surface area contributed by atoms with Gasteiger partial charge in [0.15, 0.2) is 0 Å². The van der Waals surface area contributed by atoms with Crippen molar-refractivity contribution in [1.82, 2.24) is 0 Å². The lowest BCUT2D eigenvalue weighted by atomic mass is 9.87. The van der Waals surface area contributed by atoms with Crippen molar-refractivity contribution in [1.29, 1.82) is 0 Å². The van der Waals surface area contributed by atoms with E-state index in [0.29, 0.717) is 12.8 Å². The fourth-order valence-corrected chi connectivity index (χ4v) is 3.38. The minimum absolute atomic E-state index is 0.0997. The third-order valence-electron chi connectivity index (χ3n) is 4.91. The van der Waals surface area contributed by atoms with Crippen molar-refractivity contribution in [2.75, 3.05) is 4.90 Å². The first-order valence-electron chi connectivity index (χ1n) is 9.58. The van der Waals surface area contributed by atoms with Gasteiger partial charge in [-0.25, -0.2) is 0 Å². The Labute approximate surface area is 156 Å². The van der Waals surface area contributed by atoms with Crippen molar-refractivity contribution in [3.8, 4) is 0 Å². The standard InChI is InChI=1S/C22H31NO3/c1-22(2,3)17-13-15-19(16-14-17)23-18(10-8-11-20(23)24)9-6-4-5-7-12-21(25)26/h4,6,13-16,18H,5,7-12H2,1-3H3,(H,25,26)/b6-4+. The van der Waals surface area contributed by atoms with Gasteiger partial charge in [0.25, 0.3) is 0 Å². The number of rotatable bonds is 7. The molecular formula is C22H31NO3. The third-order valence-corrected chi connectivity index (χ3v) is 4.91. The Morgan fingerprint density at radius 3 is 2.54 bits per heavy atom. The number of nitrogens with zero attached hydrogens (tertiary/aromatic N) is 1. The Balaban J connectivity index is 2.02. The number of carboxylic acid groups (broad SMARTS) is 1. The normalized spacial score (nSPS) is 18.5. The number of anilines is 1. The molecule has 0 spiro atoms. The second-order valence-corrected chi connectivity index (χ2v) is 8.10. The van der Waals surface area contributed by atoms with Gasteiger partial charge >= 0.3 is 5.97 Å². The van der Waals surface area contributed by atoms with Crippen LogP contribution in [0.25, 0.3) is 0 Å². The Morgan fingerprint density at radius 2 is 1.92 bits per heavy atom. The fourth-order valence-electron chi connectivity index (χ4n) is 3.38. The van der Waals surface area contributed by atoms with Crippen molar-refractivity contribution in [3.63, 3.8) is 0 Å². The van der Waals surface area contributed by atoms with Crippen LogP contribution in [-0.2, 0) is 15.0 Å². The first-order valence-corrected chi connectivity index (χ1v) is 9.58. The number of benzene rings is 1. The maximum atomic E-state index is 12.5. The molecule has 4 nitrogen and oxygen atoms in total. The molecule has 1 atom stereocenters. The second kappa shape index (κ2) is 9.02. The monoisotopic (exact) mass is 357 g/mol. The number of carbonyl (C=O) groups is 2. The van der Waals surface area contributed by atoms with E-state index in [1.807, 2.05) is 11.0 Å². The lowest BCUT2D eigenvalue weighted by Crippen LogP contribution is -2.43. The summed E-state index contributed by atoms with van der Waals surface area (Å²) in [7, 11) is 0. The molecule has 1 N–H and O–H groups in total. The summed E-state index contributed by atoms with van der Waals surface area (Å²) in [5.74, 6) is -0.551. The van der Waals surface area contributed by atoms with Gasteiger partial charge in [-0.2, -0.15) is 0 Å². The average Bonchev–Trinajstić information content (AvgIpc) is 2.57. The van der Waals surface area contributed by atoms with Gasteiger partial charge in [0.2, 0.25) is 5.91 Å². The van der Waals surface area contributed by atoms with Crippen LogP contribution in [-0.4, -0.2) is 23.0 Å². The number of hydrogen-bond acceptors (Lipinski definition) is 2. The first-order chi connectivity index (χ1) is 12.3. The minimum Gasteiger partial charge on any atom is -0.481 e. The molecule has 1 unspecified atom stereocenters. The van der Waals surface area contributed by atoms with Crippen LogP contribution in [0.5, 0.6) is 0 Å². The van der Waals surface area contributed by atoms with Gasteiger partial charge in [0.05, 0.1) is 0 Å². The average molecular weight is 357 g/mol. The van der Waals surface area contributed by atoms with Crippen LogP contribution in [0.4, 0.5) is 5.69 Å². The number of hydrogen-bond donors (Lipinski definition) is 1. The second-order valence-electron chi connectivity index (χ2n) is 8.10. The third kappa shape index (κ3) is 5.72. The minimum atomic E-state index is -0.749. The zero-order chi connectivity index (χ0) is 19.2. The zero-order valence-electron chi connectivity index (χ0n) is 16.2. The molecular weight excluding hydrogens is 326 g/mol. The predicted octanol–water partition coefficient (Wildman–Crippen LogP) is 5.07. The fraction of sp³-hybridized carbons (Fsp3) is 0.545. The molecule has 0 saturated carbocycles. The van der Waals surface area contributed by atoms with Crippen molar-refractivity contribution in [2.24, 2.45) is 0 Å². The van der Waals surface area contributed by atoms with Crippen LogP contribution in [0.3, 0.4) is 0 Å². The first kappa shape index (κ1) is 20.2. The lowest BCUT2D eigenvalue weighted by molar-refractivity contribution is -0.137. The number of allylic oxidation sites excluding steroid dienone is 1. The Bertz CT molecular complexity index is 640. The Hall–Kier alpha value is -2.10. The van der Waals surface area contributed by atoms with E-state index in [1.54, 1.807) is 0 Å². The van der Waals surface area contributed by atoms with E-state index < -0.39 is 5.97 Å². The molecule has 1 amide bonds. The highest BCUT2D eigenvalue weighted by Gasteiger charge is 2.28. The van der Waals surface area contributed by atoms with E-state index in [0.717, 1.165) is 31.4 Å². The predicted molar refractivity (Wildman–Crippen MR) is 106 cm³/mol. The summed E-state index contributed by atoms with van der Waals surface area (Å²) in [6, 6.07) is 8.56. The van der Waals surface area contributed by atoms with Crippen LogP contribution in [0.2, 0.25) is 0 Å². The summed E-state index contributed by atoms with van der Waals surface area (Å²) in [6.07, 6.45) is 9.16. The molecule has 1 saturated heterocycles. The molecule has 1 fully saturated rings. The molecule has 0 bridgehead atoms. The molecule has 1 aliphatic heterocycles. The van der Waals surface area contributed by atoms with Gasteiger partial charge in [-0.1, -0.05) is 45.1 Å². The van der Waals surface area contributed by atoms with Crippen molar-refractivity contribution in [2.45, 2.75) is 77.2 Å². The van der Waals surface area contributed by atoms with Crippen LogP contribution < -0.4 is 4.90 Å². The van der Waals surface area contributed by atoms with E-state index in [4.69, 9.17) is 5.11 Å². The van der Waals surface area contributed by atoms with E-state index in [-0.39, 0.29) is 23.8 Å². The molecule has 4 heteroatoms. The molecule has 1 aromatic carbocycles. The maximum Gasteiger partial charge on any atom is 0.303 e. The maximum absolute atomic E-state index is 12.5. The summed E-state index contributed by atoms with van der Waals surface area (Å²) in [5.41, 5.74) is 2.34. The quantitative estimate of drug-likeness (QED) is 0.547. The van der Waals surface area contributed by atoms with Crippen LogP contribution >= 0.6 is 0 Å². The van der Waals surface area contributed by atoms with E-state index in [1.165, 1.54) is 5.56 Å². The number of amides is 1. The van der Waals surface area contributed by atoms with Gasteiger partial charge in [-0.3, -0.25) is 9.59 Å². The highest BCUT2D eigenvalue weighted by Crippen LogP contribution is 2.30. The van der Waals surface area contributed by atoms with Crippen molar-refractivity contribution >= 4 is 17.6 Å². The summed E-state index contributed by atoms with van der Waals surface area (Å²) < 4.78 is 0. The molecule has 0 radical (unpaired) electrons. The van der Waals surface area contributed by atoms with E-state index >= 15 is 0 Å². The number of carboxylic acids is 1. The van der Waals surface area contributed by atoms with Crippen LogP contribution in [0, 0.1) is 0 Å². The van der Waals surface area contributed by atoms with Gasteiger partial charge in [-0.05, 0) is 55.2 Å². The molecule has 0 aromatic heterocycles. The van der Waals surface area contributed by atoms with Crippen LogP contribution in [0.15, 0.2) is 36.4 Å². The van der Waals surface area contributed by atoms with Gasteiger partial charge < -0.3 is 10.0 Å². The number of piperidine rings is 1. The van der Waals surface area contributed by atoms with Crippen LogP contribution in [0.1, 0.15) is 71.3 Å². The summed E-state index contributed by atoms with van der Waals surface area (Å²) >= 11 is 0. The van der Waals surface area contributed by atoms with E-state index in [2.05, 4.69) is 51.1 Å². The molecule has 142 valence electrons. The van der Waals surface area contributed by atoms with E-state index in [9.17, 15) is 9.59 Å². The molecule has 1 aromatic rings. The number of unbranched alkanes of at least 4 members (excludes halogenated alkanes) is 1. The molecule has 1 aliphatic rings. The van der Waals surface area contributed by atoms with Crippen molar-refractivity contribution < 1.29 is 14.7 Å². The smallest absolute Gasteiger partial charge is 0.303 e. The summed E-state index contributed by atoms with van der Waals surface area (Å²) in [4.78, 5) is 25.0. The lowest BCUT2D eigenvalue weighted by Gasteiger charge is -2.35. The Morgan fingerprint density at radius 1 is 1.23 bits per heavy atom. The summed E-state index contributed by atoms with van der Waals surface area (Å²) in [6.45, 7) is 6.56. The topological polar surface area (TPSA) is 57.6 Å². The zero-order valence-corrected chi connectivity index (χ0v) is 16.2. The van der Waals surface area contributed by atoms with Gasteiger partial charge in [-0.15, -0.1) is 0 Å². The SMILES string of the molecule is CC(C)(C)c1ccc(N2C(=O)CCCC2C/C=C/CCCC(=O)O)cc1. The Kier molecular flexibility index (Phi) is 7.01. The number of carbonyl (C=O) groups excluding carboxylic acids is 1. The molecule has 26 heavy (non-hydrogen) atoms. The highest BCUT2D eigenvalue weighted by molar-refractivity contribution is 5.94. The van der Waals surface area contributed by atoms with Gasteiger partial charge in [0, 0.05) is 24.6 Å². The summed E-state index contributed by atoms with van der Waals surface area (Å²) in [5, 5.41) is 8.67. The molecule has 1 heterocycles. The number of aliphatic carboxylic acids is 1. The largest absolute Gasteiger partial charge is 0.481 e. The molecule has 0 aliphatic carbocycles.